The lowest BCUT2D eigenvalue weighted by atomic mass is 9.94. The first-order valence-electron chi connectivity index (χ1n) is 10.2. The Kier molecular flexibility index (Phi) is 5.02. The number of carbonyl (C=O) groups is 2. The van der Waals surface area contributed by atoms with Gasteiger partial charge in [-0.1, -0.05) is 47.5 Å². The number of amides is 1. The zero-order valence-electron chi connectivity index (χ0n) is 17.4. The van der Waals surface area contributed by atoms with Crippen LogP contribution in [0.2, 0.25) is 5.02 Å². The molecule has 4 aromatic rings. The van der Waals surface area contributed by atoms with E-state index in [1.165, 1.54) is 29.2 Å². The lowest BCUT2D eigenvalue weighted by molar-refractivity contribution is -0.117. The van der Waals surface area contributed by atoms with Gasteiger partial charge in [0, 0.05) is 16.1 Å². The van der Waals surface area contributed by atoms with Gasteiger partial charge in [0.15, 0.2) is 11.5 Å². The van der Waals surface area contributed by atoms with E-state index >= 15 is 0 Å². The van der Waals surface area contributed by atoms with Crippen molar-refractivity contribution < 1.29 is 23.5 Å². The first kappa shape index (κ1) is 21.0. The summed E-state index contributed by atoms with van der Waals surface area (Å²) in [4.78, 5) is 27.9. The van der Waals surface area contributed by atoms with Gasteiger partial charge in [-0.3, -0.25) is 14.5 Å². The van der Waals surface area contributed by atoms with E-state index in [4.69, 9.17) is 16.0 Å². The van der Waals surface area contributed by atoms with Crippen LogP contribution in [-0.2, 0) is 4.79 Å². The fraction of sp³-hybridized carbons (Fsp3) is 0.0769. The van der Waals surface area contributed by atoms with Crippen LogP contribution in [0.1, 0.15) is 27.7 Å². The molecular weight excluding hydrogens is 445 g/mol. The van der Waals surface area contributed by atoms with Crippen molar-refractivity contribution in [3.05, 3.63) is 112 Å². The summed E-state index contributed by atoms with van der Waals surface area (Å²) in [5.41, 5.74) is 2.02. The standard InChI is InChI=1S/C26H17ClFNO4/c1-14-4-2-5-15(10-14)23-22(24(30)21-12-16-11-17(27)8-9-20(16)33-21)25(31)26(32)29(23)19-7-3-6-18(28)13-19/h2-13,23,31H,1H3. The first-order valence-corrected chi connectivity index (χ1v) is 10.5. The maximum atomic E-state index is 14.0. The molecule has 0 saturated heterocycles. The SMILES string of the molecule is Cc1cccc(C2C(C(=O)c3cc4cc(Cl)ccc4o3)=C(O)C(=O)N2c2cccc(F)c2)c1. The normalized spacial score (nSPS) is 16.2. The topological polar surface area (TPSA) is 70.7 Å². The Balaban J connectivity index is 1.67. The number of aliphatic hydroxyl groups excluding tert-OH is 1. The average molecular weight is 462 g/mol. The van der Waals surface area contributed by atoms with Crippen molar-refractivity contribution in [3.63, 3.8) is 0 Å². The highest BCUT2D eigenvalue weighted by molar-refractivity contribution is 6.31. The molecule has 7 heteroatoms. The Morgan fingerprint density at radius 3 is 2.61 bits per heavy atom. The van der Waals surface area contributed by atoms with Crippen molar-refractivity contribution in [2.75, 3.05) is 4.90 Å². The molecule has 164 valence electrons. The Bertz CT molecular complexity index is 1470. The van der Waals surface area contributed by atoms with E-state index in [2.05, 4.69) is 0 Å². The number of rotatable bonds is 4. The molecule has 1 unspecified atom stereocenters. The summed E-state index contributed by atoms with van der Waals surface area (Å²) in [6, 6.07) is 18.2. The van der Waals surface area contributed by atoms with Crippen LogP contribution in [0.4, 0.5) is 10.1 Å². The van der Waals surface area contributed by atoms with Gasteiger partial charge in [0.1, 0.15) is 11.4 Å². The summed E-state index contributed by atoms with van der Waals surface area (Å²) in [5.74, 6) is -2.72. The summed E-state index contributed by atoms with van der Waals surface area (Å²) >= 11 is 6.04. The third kappa shape index (κ3) is 3.58. The summed E-state index contributed by atoms with van der Waals surface area (Å²) in [6.45, 7) is 1.88. The number of hydrogen-bond donors (Lipinski definition) is 1. The summed E-state index contributed by atoms with van der Waals surface area (Å²) in [5, 5.41) is 11.9. The quantitative estimate of drug-likeness (QED) is 0.361. The molecule has 1 aliphatic rings. The van der Waals surface area contributed by atoms with E-state index in [-0.39, 0.29) is 17.0 Å². The lowest BCUT2D eigenvalue weighted by Gasteiger charge is -2.27. The predicted octanol–water partition coefficient (Wildman–Crippen LogP) is 6.32. The van der Waals surface area contributed by atoms with Crippen molar-refractivity contribution in [2.45, 2.75) is 13.0 Å². The number of benzene rings is 3. The number of Topliss-reactive ketones (excluding diaryl/α,β-unsaturated/α-hetero) is 1. The van der Waals surface area contributed by atoms with Crippen LogP contribution in [0, 0.1) is 12.7 Å². The van der Waals surface area contributed by atoms with Crippen LogP contribution in [0.15, 0.2) is 88.5 Å². The minimum atomic E-state index is -0.969. The molecule has 1 aliphatic heterocycles. The maximum Gasteiger partial charge on any atom is 0.294 e. The Morgan fingerprint density at radius 1 is 1.06 bits per heavy atom. The Labute approximate surface area is 193 Å². The highest BCUT2D eigenvalue weighted by Crippen LogP contribution is 2.42. The molecule has 33 heavy (non-hydrogen) atoms. The predicted molar refractivity (Wildman–Crippen MR) is 123 cm³/mol. The van der Waals surface area contributed by atoms with Crippen LogP contribution in [0.25, 0.3) is 11.0 Å². The minimum Gasteiger partial charge on any atom is -0.503 e. The monoisotopic (exact) mass is 461 g/mol. The van der Waals surface area contributed by atoms with Crippen molar-refractivity contribution in [1.82, 2.24) is 0 Å². The molecular formula is C26H17ClFNO4. The second kappa shape index (κ2) is 7.90. The van der Waals surface area contributed by atoms with Gasteiger partial charge < -0.3 is 9.52 Å². The second-order valence-electron chi connectivity index (χ2n) is 7.86. The van der Waals surface area contributed by atoms with Crippen molar-refractivity contribution in [3.8, 4) is 0 Å². The molecule has 0 spiro atoms. The number of fused-ring (bicyclic) bond motifs is 1. The molecule has 0 fully saturated rings. The number of aryl methyl sites for hydroxylation is 1. The smallest absolute Gasteiger partial charge is 0.294 e. The zero-order chi connectivity index (χ0) is 23.3. The summed E-state index contributed by atoms with van der Waals surface area (Å²) < 4.78 is 19.7. The molecule has 1 atom stereocenters. The van der Waals surface area contributed by atoms with Gasteiger partial charge in [-0.05, 0) is 55.0 Å². The molecule has 0 aliphatic carbocycles. The van der Waals surface area contributed by atoms with Crippen LogP contribution >= 0.6 is 11.6 Å². The van der Waals surface area contributed by atoms with E-state index < -0.39 is 29.3 Å². The Hall–Kier alpha value is -3.90. The van der Waals surface area contributed by atoms with Gasteiger partial charge in [0.25, 0.3) is 5.91 Å². The highest BCUT2D eigenvalue weighted by Gasteiger charge is 2.45. The molecule has 0 saturated carbocycles. The van der Waals surface area contributed by atoms with Crippen LogP contribution in [0.3, 0.4) is 0 Å². The average Bonchev–Trinajstić information content (AvgIpc) is 3.32. The number of furan rings is 1. The van der Waals surface area contributed by atoms with Crippen molar-refractivity contribution >= 4 is 39.9 Å². The Morgan fingerprint density at radius 2 is 1.85 bits per heavy atom. The van der Waals surface area contributed by atoms with Gasteiger partial charge >= 0.3 is 0 Å². The molecule has 0 bridgehead atoms. The van der Waals surface area contributed by atoms with Crippen LogP contribution in [-0.4, -0.2) is 16.8 Å². The molecule has 5 nitrogen and oxygen atoms in total. The van der Waals surface area contributed by atoms with Crippen LogP contribution < -0.4 is 4.90 Å². The van der Waals surface area contributed by atoms with Crippen molar-refractivity contribution in [2.24, 2.45) is 0 Å². The zero-order valence-corrected chi connectivity index (χ0v) is 18.1. The molecule has 5 rings (SSSR count). The largest absolute Gasteiger partial charge is 0.503 e. The van der Waals surface area contributed by atoms with E-state index in [0.717, 1.165) is 5.56 Å². The van der Waals surface area contributed by atoms with Crippen molar-refractivity contribution in [1.29, 1.82) is 0 Å². The first-order chi connectivity index (χ1) is 15.8. The number of nitrogens with zero attached hydrogens (tertiary/aromatic N) is 1. The van der Waals surface area contributed by atoms with Crippen LogP contribution in [0.5, 0.6) is 0 Å². The summed E-state index contributed by atoms with van der Waals surface area (Å²) in [7, 11) is 0. The highest BCUT2D eigenvalue weighted by atomic mass is 35.5. The third-order valence-corrected chi connectivity index (χ3v) is 5.83. The number of aliphatic hydroxyl groups is 1. The number of hydrogen-bond acceptors (Lipinski definition) is 4. The minimum absolute atomic E-state index is 0.0413. The summed E-state index contributed by atoms with van der Waals surface area (Å²) in [6.07, 6.45) is 0. The lowest BCUT2D eigenvalue weighted by Crippen LogP contribution is -2.31. The number of ketones is 1. The fourth-order valence-corrected chi connectivity index (χ4v) is 4.32. The number of halogens is 2. The van der Waals surface area contributed by atoms with Gasteiger partial charge in [-0.2, -0.15) is 0 Å². The van der Waals surface area contributed by atoms with Gasteiger partial charge in [0.05, 0.1) is 11.6 Å². The fourth-order valence-electron chi connectivity index (χ4n) is 4.14. The van der Waals surface area contributed by atoms with Gasteiger partial charge in [0.2, 0.25) is 5.78 Å². The maximum absolute atomic E-state index is 14.0. The van der Waals surface area contributed by atoms with E-state index in [1.807, 2.05) is 19.1 Å². The molecule has 2 heterocycles. The molecule has 3 aromatic carbocycles. The van der Waals surface area contributed by atoms with E-state index in [1.54, 1.807) is 36.4 Å². The van der Waals surface area contributed by atoms with E-state index in [0.29, 0.717) is 21.6 Å². The number of anilines is 1. The molecule has 1 N–H and O–H groups in total. The van der Waals surface area contributed by atoms with Gasteiger partial charge in [-0.15, -0.1) is 0 Å². The third-order valence-electron chi connectivity index (χ3n) is 5.60. The number of carbonyl (C=O) groups excluding carboxylic acids is 2. The molecule has 1 aromatic heterocycles. The van der Waals surface area contributed by atoms with E-state index in [9.17, 15) is 19.1 Å². The second-order valence-corrected chi connectivity index (χ2v) is 8.29. The molecule has 0 radical (unpaired) electrons. The molecule has 1 amide bonds. The van der Waals surface area contributed by atoms with Gasteiger partial charge in [-0.25, -0.2) is 4.39 Å².